The Morgan fingerprint density at radius 3 is 2.70 bits per heavy atom. The molecule has 23 heavy (non-hydrogen) atoms. The smallest absolute Gasteiger partial charge is 0.267 e. The molecule has 0 radical (unpaired) electrons. The summed E-state index contributed by atoms with van der Waals surface area (Å²) in [4.78, 5) is 12.7. The fourth-order valence-electron chi connectivity index (χ4n) is 2.13. The largest absolute Gasteiger partial charge is 0.479 e. The lowest BCUT2D eigenvalue weighted by Crippen LogP contribution is -2.03. The first kappa shape index (κ1) is 15.4. The first-order chi connectivity index (χ1) is 11.0. The number of aromatic nitrogens is 4. The predicted octanol–water partition coefficient (Wildman–Crippen LogP) is 3.94. The Balaban J connectivity index is 1.79. The summed E-state index contributed by atoms with van der Waals surface area (Å²) < 4.78 is 11.0. The number of ether oxygens (including phenoxy) is 1. The Bertz CT molecular complexity index is 817. The molecule has 0 aliphatic carbocycles. The number of aryl methyl sites for hydroxylation is 2. The van der Waals surface area contributed by atoms with Gasteiger partial charge in [-0.05, 0) is 44.0 Å². The van der Waals surface area contributed by atoms with E-state index in [9.17, 15) is 0 Å². The van der Waals surface area contributed by atoms with Crippen molar-refractivity contribution in [1.29, 1.82) is 0 Å². The molecule has 0 N–H and O–H groups in total. The van der Waals surface area contributed by atoms with E-state index < -0.39 is 6.10 Å². The quantitative estimate of drug-likeness (QED) is 0.675. The molecule has 0 aliphatic heterocycles. The average molecular weight is 331 g/mol. The zero-order valence-corrected chi connectivity index (χ0v) is 13.7. The van der Waals surface area contributed by atoms with Crippen LogP contribution in [0.2, 0.25) is 5.15 Å². The van der Waals surface area contributed by atoms with Crippen LogP contribution >= 0.6 is 11.6 Å². The van der Waals surface area contributed by atoms with E-state index in [-0.39, 0.29) is 0 Å². The minimum atomic E-state index is -0.412. The number of nitrogens with zero attached hydrogens (tertiary/aromatic N) is 4. The molecule has 0 fully saturated rings. The Kier molecular flexibility index (Phi) is 4.25. The molecule has 0 aliphatic rings. The molecular formula is C16H15ClN4O2. The summed E-state index contributed by atoms with van der Waals surface area (Å²) in [5.74, 6) is 1.39. The maximum Gasteiger partial charge on any atom is 0.267 e. The molecule has 3 rings (SSSR count). The second-order valence-electron chi connectivity index (χ2n) is 5.21. The van der Waals surface area contributed by atoms with Crippen LogP contribution < -0.4 is 4.74 Å². The van der Waals surface area contributed by atoms with Gasteiger partial charge in [0, 0.05) is 6.20 Å². The van der Waals surface area contributed by atoms with Crippen LogP contribution in [-0.4, -0.2) is 20.1 Å². The van der Waals surface area contributed by atoms with E-state index in [4.69, 9.17) is 20.9 Å². The van der Waals surface area contributed by atoms with E-state index in [1.54, 1.807) is 24.5 Å². The van der Waals surface area contributed by atoms with Gasteiger partial charge in [0.15, 0.2) is 6.10 Å². The van der Waals surface area contributed by atoms with Crippen LogP contribution in [0.4, 0.5) is 0 Å². The summed E-state index contributed by atoms with van der Waals surface area (Å²) in [6.07, 6.45) is 2.91. The van der Waals surface area contributed by atoms with E-state index in [0.29, 0.717) is 28.3 Å². The van der Waals surface area contributed by atoms with Crippen LogP contribution in [0.1, 0.15) is 30.0 Å². The molecule has 0 spiro atoms. The van der Waals surface area contributed by atoms with Crippen LogP contribution in [0.5, 0.6) is 5.75 Å². The molecule has 6 nitrogen and oxygen atoms in total. The maximum absolute atomic E-state index is 5.75. The van der Waals surface area contributed by atoms with Crippen molar-refractivity contribution >= 4 is 11.6 Å². The van der Waals surface area contributed by atoms with Gasteiger partial charge in [-0.3, -0.25) is 4.98 Å². The third-order valence-corrected chi connectivity index (χ3v) is 3.45. The van der Waals surface area contributed by atoms with Gasteiger partial charge < -0.3 is 9.26 Å². The topological polar surface area (TPSA) is 73.9 Å². The van der Waals surface area contributed by atoms with Crippen molar-refractivity contribution in [3.05, 3.63) is 52.8 Å². The average Bonchev–Trinajstić information content (AvgIpc) is 2.99. The van der Waals surface area contributed by atoms with Gasteiger partial charge in [-0.25, -0.2) is 4.98 Å². The van der Waals surface area contributed by atoms with Gasteiger partial charge >= 0.3 is 0 Å². The van der Waals surface area contributed by atoms with Gasteiger partial charge in [-0.15, -0.1) is 0 Å². The Hall–Kier alpha value is -2.47. The molecule has 0 saturated carbocycles. The van der Waals surface area contributed by atoms with Crippen LogP contribution in [0, 0.1) is 13.8 Å². The van der Waals surface area contributed by atoms with Crippen molar-refractivity contribution in [2.75, 3.05) is 0 Å². The normalized spacial score (nSPS) is 12.2. The third kappa shape index (κ3) is 3.48. The van der Waals surface area contributed by atoms with Crippen LogP contribution in [0.25, 0.3) is 11.5 Å². The SMILES string of the molecule is Cc1cnc(-c2noc([C@H](C)Oc3ccc(Cl)nc3)n2)c(C)c1. The molecule has 1 atom stereocenters. The number of pyridine rings is 2. The highest BCUT2D eigenvalue weighted by Gasteiger charge is 2.18. The summed E-state index contributed by atoms with van der Waals surface area (Å²) in [6, 6.07) is 5.41. The maximum atomic E-state index is 5.75. The van der Waals surface area contributed by atoms with E-state index in [1.165, 1.54) is 0 Å². The van der Waals surface area contributed by atoms with Crippen molar-refractivity contribution in [1.82, 2.24) is 20.1 Å². The first-order valence-electron chi connectivity index (χ1n) is 7.08. The second kappa shape index (κ2) is 6.34. The lowest BCUT2D eigenvalue weighted by atomic mass is 10.1. The van der Waals surface area contributed by atoms with Gasteiger partial charge in [-0.1, -0.05) is 22.8 Å². The predicted molar refractivity (Wildman–Crippen MR) is 85.3 cm³/mol. The number of halogens is 1. The molecule has 0 aromatic carbocycles. The van der Waals surface area contributed by atoms with E-state index in [0.717, 1.165) is 11.1 Å². The summed E-state index contributed by atoms with van der Waals surface area (Å²) in [5.41, 5.74) is 2.78. The van der Waals surface area contributed by atoms with Crippen molar-refractivity contribution in [2.45, 2.75) is 26.9 Å². The minimum Gasteiger partial charge on any atom is -0.479 e. The highest BCUT2D eigenvalue weighted by atomic mass is 35.5. The molecule has 3 aromatic rings. The zero-order valence-electron chi connectivity index (χ0n) is 12.9. The molecule has 0 saturated heterocycles. The lowest BCUT2D eigenvalue weighted by molar-refractivity contribution is 0.175. The fourth-order valence-corrected chi connectivity index (χ4v) is 2.24. The molecule has 0 unspecified atom stereocenters. The van der Waals surface area contributed by atoms with Gasteiger partial charge in [-0.2, -0.15) is 4.98 Å². The van der Waals surface area contributed by atoms with Crippen molar-refractivity contribution < 1.29 is 9.26 Å². The molecule has 3 aromatic heterocycles. The summed E-state index contributed by atoms with van der Waals surface area (Å²) >= 11 is 5.75. The highest BCUT2D eigenvalue weighted by molar-refractivity contribution is 6.29. The summed E-state index contributed by atoms with van der Waals surface area (Å²) in [7, 11) is 0. The number of hydrogen-bond donors (Lipinski definition) is 0. The van der Waals surface area contributed by atoms with Crippen molar-refractivity contribution in [3.8, 4) is 17.3 Å². The monoisotopic (exact) mass is 330 g/mol. The summed E-state index contributed by atoms with van der Waals surface area (Å²) in [5, 5.41) is 4.40. The molecular weight excluding hydrogens is 316 g/mol. The van der Waals surface area contributed by atoms with Crippen molar-refractivity contribution in [3.63, 3.8) is 0 Å². The summed E-state index contributed by atoms with van der Waals surface area (Å²) in [6.45, 7) is 5.77. The van der Waals surface area contributed by atoms with Gasteiger partial charge in [0.25, 0.3) is 5.89 Å². The Labute approximate surface area is 138 Å². The number of hydrogen-bond acceptors (Lipinski definition) is 6. The van der Waals surface area contributed by atoms with E-state index in [1.807, 2.05) is 26.8 Å². The van der Waals surface area contributed by atoms with Crippen LogP contribution in [-0.2, 0) is 0 Å². The Morgan fingerprint density at radius 1 is 1.17 bits per heavy atom. The highest BCUT2D eigenvalue weighted by Crippen LogP contribution is 2.24. The minimum absolute atomic E-state index is 0.372. The fraction of sp³-hybridized carbons (Fsp3) is 0.250. The van der Waals surface area contributed by atoms with Gasteiger partial charge in [0.1, 0.15) is 16.6 Å². The molecule has 0 bridgehead atoms. The first-order valence-corrected chi connectivity index (χ1v) is 7.46. The zero-order chi connectivity index (χ0) is 16.4. The van der Waals surface area contributed by atoms with E-state index >= 15 is 0 Å². The van der Waals surface area contributed by atoms with Gasteiger partial charge in [0.05, 0.1) is 6.20 Å². The van der Waals surface area contributed by atoms with Crippen molar-refractivity contribution in [2.24, 2.45) is 0 Å². The second-order valence-corrected chi connectivity index (χ2v) is 5.60. The third-order valence-electron chi connectivity index (χ3n) is 3.23. The van der Waals surface area contributed by atoms with Crippen LogP contribution in [0.15, 0.2) is 35.1 Å². The van der Waals surface area contributed by atoms with Crippen LogP contribution in [0.3, 0.4) is 0 Å². The Morgan fingerprint density at radius 2 is 2.00 bits per heavy atom. The van der Waals surface area contributed by atoms with E-state index in [2.05, 4.69) is 20.1 Å². The van der Waals surface area contributed by atoms with Gasteiger partial charge in [0.2, 0.25) is 5.82 Å². The molecule has 0 amide bonds. The molecule has 7 heteroatoms. The molecule has 118 valence electrons. The standard InChI is InChI=1S/C16H15ClN4O2/c1-9-6-10(2)14(19-7-9)15-20-16(23-21-15)11(3)22-12-4-5-13(17)18-8-12/h4-8,11H,1-3H3/t11-/m0/s1. The number of rotatable bonds is 4. The lowest BCUT2D eigenvalue weighted by Gasteiger charge is -2.09. The molecule has 3 heterocycles.